The third-order valence-electron chi connectivity index (χ3n) is 4.13. The predicted molar refractivity (Wildman–Crippen MR) is 77.9 cm³/mol. The number of aliphatic hydroxyl groups is 1. The van der Waals surface area contributed by atoms with Crippen LogP contribution in [0.4, 0.5) is 4.39 Å². The zero-order chi connectivity index (χ0) is 15.5. The molecule has 1 fully saturated rings. The minimum Gasteiger partial charge on any atom is -0.486 e. The molecule has 1 saturated heterocycles. The maximum Gasteiger partial charge on any atom is 0.223 e. The first-order valence-corrected chi connectivity index (χ1v) is 7.60. The summed E-state index contributed by atoms with van der Waals surface area (Å²) in [5, 5.41) is 9.23. The van der Waals surface area contributed by atoms with Crippen molar-refractivity contribution in [1.82, 2.24) is 4.90 Å². The van der Waals surface area contributed by atoms with Gasteiger partial charge in [0.25, 0.3) is 0 Å². The third-order valence-corrected chi connectivity index (χ3v) is 4.13. The van der Waals surface area contributed by atoms with E-state index in [1.807, 2.05) is 18.2 Å². The van der Waals surface area contributed by atoms with E-state index in [1.165, 1.54) is 4.90 Å². The molecular weight excluding hydrogens is 289 g/mol. The fourth-order valence-electron chi connectivity index (χ4n) is 2.98. The van der Waals surface area contributed by atoms with E-state index in [2.05, 4.69) is 0 Å². The Bertz CT molecular complexity index is 551. The van der Waals surface area contributed by atoms with Crippen LogP contribution in [0.15, 0.2) is 18.2 Å². The summed E-state index contributed by atoms with van der Waals surface area (Å²) in [6.07, 6.45) is 0.0475. The van der Waals surface area contributed by atoms with Gasteiger partial charge in [0.05, 0.1) is 19.2 Å². The Morgan fingerprint density at radius 2 is 2.09 bits per heavy atom. The minimum atomic E-state index is -1.03. The number of fused-ring (bicyclic) bond motifs is 1. The Hall–Kier alpha value is -1.82. The Balaban J connectivity index is 1.59. The van der Waals surface area contributed by atoms with Gasteiger partial charge in [0, 0.05) is 12.8 Å². The van der Waals surface area contributed by atoms with E-state index in [0.717, 1.165) is 11.3 Å². The zero-order valence-corrected chi connectivity index (χ0v) is 12.3. The smallest absolute Gasteiger partial charge is 0.223 e. The van der Waals surface area contributed by atoms with E-state index in [9.17, 15) is 14.3 Å². The van der Waals surface area contributed by atoms with Gasteiger partial charge in [-0.05, 0) is 24.1 Å². The van der Waals surface area contributed by atoms with Crippen LogP contribution < -0.4 is 9.47 Å². The number of halogens is 1. The summed E-state index contributed by atoms with van der Waals surface area (Å²) in [5.74, 6) is 1.31. The molecule has 0 radical (unpaired) electrons. The summed E-state index contributed by atoms with van der Waals surface area (Å²) in [4.78, 5) is 13.7. The van der Waals surface area contributed by atoms with Crippen molar-refractivity contribution in [2.24, 2.45) is 0 Å². The lowest BCUT2D eigenvalue weighted by molar-refractivity contribution is -0.132. The molecular formula is C16H20FNO4. The maximum atomic E-state index is 13.4. The van der Waals surface area contributed by atoms with Gasteiger partial charge in [0.15, 0.2) is 11.5 Å². The van der Waals surface area contributed by atoms with Crippen LogP contribution in [0.5, 0.6) is 11.5 Å². The number of alkyl halides is 1. The van der Waals surface area contributed by atoms with Gasteiger partial charge in [-0.3, -0.25) is 4.79 Å². The van der Waals surface area contributed by atoms with E-state index in [0.29, 0.717) is 31.8 Å². The quantitative estimate of drug-likeness (QED) is 0.911. The Labute approximate surface area is 128 Å². The lowest BCUT2D eigenvalue weighted by Crippen LogP contribution is -2.37. The SMILES string of the molecule is O=C(CCc1ccc2c(c1)OCCO2)N1C[C@@H](F)C[C@H]1CO. The molecule has 0 saturated carbocycles. The average Bonchev–Trinajstić information content (AvgIpc) is 2.93. The number of aryl methyl sites for hydroxylation is 1. The van der Waals surface area contributed by atoms with Crippen LogP contribution in [0, 0.1) is 0 Å². The summed E-state index contributed by atoms with van der Waals surface area (Å²) in [6.45, 7) is 0.980. The molecule has 1 N–H and O–H groups in total. The van der Waals surface area contributed by atoms with E-state index in [4.69, 9.17) is 9.47 Å². The molecule has 1 amide bonds. The normalized spacial score (nSPS) is 23.6. The molecule has 5 nitrogen and oxygen atoms in total. The number of hydrogen-bond acceptors (Lipinski definition) is 4. The second-order valence-electron chi connectivity index (χ2n) is 5.69. The number of ether oxygens (including phenoxy) is 2. The Morgan fingerprint density at radius 1 is 1.32 bits per heavy atom. The summed E-state index contributed by atoms with van der Waals surface area (Å²) in [7, 11) is 0. The highest BCUT2D eigenvalue weighted by Crippen LogP contribution is 2.31. The number of amides is 1. The molecule has 1 aromatic rings. The van der Waals surface area contributed by atoms with Gasteiger partial charge in [-0.1, -0.05) is 6.07 Å². The van der Waals surface area contributed by atoms with Crippen molar-refractivity contribution in [1.29, 1.82) is 0 Å². The standard InChI is InChI=1S/C16H20FNO4/c17-12-8-13(10-19)18(9-12)16(20)4-2-11-1-3-14-15(7-11)22-6-5-21-14/h1,3,7,12-13,19H,2,4-6,8-10H2/t12-,13-/m0/s1. The fraction of sp³-hybridized carbons (Fsp3) is 0.562. The molecule has 0 aliphatic carbocycles. The van der Waals surface area contributed by atoms with Gasteiger partial charge in [-0.15, -0.1) is 0 Å². The van der Waals surface area contributed by atoms with Crippen LogP contribution in [0.3, 0.4) is 0 Å². The second-order valence-corrected chi connectivity index (χ2v) is 5.69. The molecule has 2 heterocycles. The molecule has 6 heteroatoms. The van der Waals surface area contributed by atoms with E-state index < -0.39 is 6.17 Å². The van der Waals surface area contributed by atoms with Crippen molar-refractivity contribution in [3.05, 3.63) is 23.8 Å². The molecule has 0 spiro atoms. The predicted octanol–water partition coefficient (Wildman–Crippen LogP) is 1.32. The van der Waals surface area contributed by atoms with Gasteiger partial charge in [0.1, 0.15) is 19.4 Å². The van der Waals surface area contributed by atoms with Crippen molar-refractivity contribution >= 4 is 5.91 Å². The van der Waals surface area contributed by atoms with Gasteiger partial charge < -0.3 is 19.5 Å². The van der Waals surface area contributed by atoms with Crippen LogP contribution in [0.2, 0.25) is 0 Å². The molecule has 0 unspecified atom stereocenters. The third kappa shape index (κ3) is 3.16. The topological polar surface area (TPSA) is 59.0 Å². The van der Waals surface area contributed by atoms with Crippen molar-refractivity contribution < 1.29 is 23.8 Å². The monoisotopic (exact) mass is 309 g/mol. The molecule has 2 atom stereocenters. The fourth-order valence-corrected chi connectivity index (χ4v) is 2.98. The van der Waals surface area contributed by atoms with Gasteiger partial charge in [-0.2, -0.15) is 0 Å². The number of hydrogen-bond donors (Lipinski definition) is 1. The number of carbonyl (C=O) groups excluding carboxylic acids is 1. The largest absolute Gasteiger partial charge is 0.486 e. The van der Waals surface area contributed by atoms with Gasteiger partial charge in [-0.25, -0.2) is 4.39 Å². The molecule has 22 heavy (non-hydrogen) atoms. The number of benzene rings is 1. The van der Waals surface area contributed by atoms with Crippen molar-refractivity contribution in [2.75, 3.05) is 26.4 Å². The summed E-state index contributed by atoms with van der Waals surface area (Å²) >= 11 is 0. The molecule has 0 aromatic heterocycles. The Morgan fingerprint density at radius 3 is 2.86 bits per heavy atom. The summed E-state index contributed by atoms with van der Waals surface area (Å²) in [6, 6.07) is 5.25. The van der Waals surface area contributed by atoms with Crippen LogP contribution in [0.1, 0.15) is 18.4 Å². The Kier molecular flexibility index (Phi) is 4.47. The minimum absolute atomic E-state index is 0.0885. The highest BCUT2D eigenvalue weighted by atomic mass is 19.1. The molecule has 0 bridgehead atoms. The molecule has 3 rings (SSSR count). The second kappa shape index (κ2) is 6.52. The van der Waals surface area contributed by atoms with Crippen molar-refractivity contribution in [3.63, 3.8) is 0 Å². The lowest BCUT2D eigenvalue weighted by atomic mass is 10.1. The van der Waals surface area contributed by atoms with Gasteiger partial charge >= 0.3 is 0 Å². The number of carbonyl (C=O) groups is 1. The highest BCUT2D eigenvalue weighted by molar-refractivity contribution is 5.77. The highest BCUT2D eigenvalue weighted by Gasteiger charge is 2.34. The van der Waals surface area contributed by atoms with Crippen LogP contribution >= 0.6 is 0 Å². The average molecular weight is 309 g/mol. The molecule has 2 aliphatic rings. The van der Waals surface area contributed by atoms with E-state index >= 15 is 0 Å². The van der Waals surface area contributed by atoms with Gasteiger partial charge in [0.2, 0.25) is 5.91 Å². The number of rotatable bonds is 4. The van der Waals surface area contributed by atoms with E-state index in [-0.39, 0.29) is 31.5 Å². The number of likely N-dealkylation sites (tertiary alicyclic amines) is 1. The molecule has 2 aliphatic heterocycles. The number of nitrogens with zero attached hydrogens (tertiary/aromatic N) is 1. The first-order chi connectivity index (χ1) is 10.7. The van der Waals surface area contributed by atoms with Crippen molar-refractivity contribution in [3.8, 4) is 11.5 Å². The van der Waals surface area contributed by atoms with Crippen LogP contribution in [0.25, 0.3) is 0 Å². The first-order valence-electron chi connectivity index (χ1n) is 7.60. The van der Waals surface area contributed by atoms with E-state index in [1.54, 1.807) is 0 Å². The number of aliphatic hydroxyl groups excluding tert-OH is 1. The van der Waals surface area contributed by atoms with Crippen LogP contribution in [-0.4, -0.2) is 54.5 Å². The summed E-state index contributed by atoms with van der Waals surface area (Å²) in [5.41, 5.74) is 0.981. The zero-order valence-electron chi connectivity index (χ0n) is 12.3. The molecule has 120 valence electrons. The molecule has 1 aromatic carbocycles. The maximum absolute atomic E-state index is 13.4. The van der Waals surface area contributed by atoms with Crippen LogP contribution in [-0.2, 0) is 11.2 Å². The summed E-state index contributed by atoms with van der Waals surface area (Å²) < 4.78 is 24.4. The first kappa shape index (κ1) is 15.1. The lowest BCUT2D eigenvalue weighted by Gasteiger charge is -2.23. The van der Waals surface area contributed by atoms with Crippen molar-refractivity contribution in [2.45, 2.75) is 31.5 Å².